The molecule has 0 atom stereocenters. The average molecular weight is 512 g/mol. The maximum Gasteiger partial charge on any atom is 0.274 e. The first-order chi connectivity index (χ1) is 15.8. The normalized spacial score (nSPS) is 10.8. The van der Waals surface area contributed by atoms with E-state index in [-0.39, 0.29) is 50.3 Å². The van der Waals surface area contributed by atoms with Crippen LogP contribution < -0.4 is 15.4 Å². The number of pyridine rings is 1. The molecule has 2 heterocycles. The second kappa shape index (κ2) is 11.0. The minimum Gasteiger partial charge on any atom is -0.480 e. The van der Waals surface area contributed by atoms with Crippen LogP contribution in [0.5, 0.6) is 5.88 Å². The van der Waals surface area contributed by atoms with Gasteiger partial charge in [-0.2, -0.15) is 0 Å². The molecule has 0 aliphatic heterocycles. The SMILES string of the molecule is CO/N=C/CNC(=O)c1cc(Cl)cc(Cl)c1NC(=O)c1cc(OC)nn1-c1ncccc1Cl. The number of ether oxygens (including phenoxy) is 1. The highest BCUT2D eigenvalue weighted by atomic mass is 35.5. The van der Waals surface area contributed by atoms with Gasteiger partial charge in [0, 0.05) is 17.3 Å². The third kappa shape index (κ3) is 5.72. The third-order valence-corrected chi connectivity index (χ3v) is 4.95. The zero-order valence-electron chi connectivity index (χ0n) is 17.3. The minimum absolute atomic E-state index is 0.0389. The van der Waals surface area contributed by atoms with Crippen LogP contribution in [0.3, 0.4) is 0 Å². The van der Waals surface area contributed by atoms with Crippen molar-refractivity contribution in [3.05, 3.63) is 62.9 Å². The largest absolute Gasteiger partial charge is 0.480 e. The van der Waals surface area contributed by atoms with Crippen molar-refractivity contribution in [2.24, 2.45) is 5.16 Å². The summed E-state index contributed by atoms with van der Waals surface area (Å²) in [6.45, 7) is 0.0757. The molecular formula is C20H17Cl3N6O4. The lowest BCUT2D eigenvalue weighted by atomic mass is 10.1. The van der Waals surface area contributed by atoms with Crippen LogP contribution in [0.2, 0.25) is 15.1 Å². The topological polar surface area (TPSA) is 120 Å². The minimum atomic E-state index is -0.647. The molecule has 0 aliphatic carbocycles. The molecule has 33 heavy (non-hydrogen) atoms. The predicted octanol–water partition coefficient (Wildman–Crippen LogP) is 3.85. The van der Waals surface area contributed by atoms with Gasteiger partial charge in [0.2, 0.25) is 5.88 Å². The zero-order valence-corrected chi connectivity index (χ0v) is 19.6. The number of methoxy groups -OCH3 is 1. The number of carbonyl (C=O) groups excluding carboxylic acids is 2. The molecule has 3 rings (SSSR count). The molecule has 0 fully saturated rings. The Morgan fingerprint density at radius 3 is 2.64 bits per heavy atom. The molecule has 2 amide bonds. The molecule has 13 heteroatoms. The van der Waals surface area contributed by atoms with Gasteiger partial charge in [0.05, 0.1) is 41.2 Å². The lowest BCUT2D eigenvalue weighted by Crippen LogP contribution is -2.27. The molecule has 0 saturated heterocycles. The number of benzene rings is 1. The van der Waals surface area contributed by atoms with Crippen molar-refractivity contribution in [1.29, 1.82) is 0 Å². The van der Waals surface area contributed by atoms with Gasteiger partial charge in [-0.15, -0.1) is 5.10 Å². The fourth-order valence-corrected chi connectivity index (χ4v) is 3.46. The van der Waals surface area contributed by atoms with E-state index in [2.05, 4.69) is 30.7 Å². The Morgan fingerprint density at radius 1 is 1.15 bits per heavy atom. The summed E-state index contributed by atoms with van der Waals surface area (Å²) in [4.78, 5) is 34.6. The van der Waals surface area contributed by atoms with Crippen molar-refractivity contribution in [3.63, 3.8) is 0 Å². The zero-order chi connectivity index (χ0) is 24.0. The van der Waals surface area contributed by atoms with E-state index in [4.69, 9.17) is 39.5 Å². The Bertz CT molecular complexity index is 1210. The molecule has 10 nitrogen and oxygen atoms in total. The first kappa shape index (κ1) is 24.3. The van der Waals surface area contributed by atoms with Gasteiger partial charge in [-0.1, -0.05) is 40.0 Å². The van der Waals surface area contributed by atoms with E-state index in [1.54, 1.807) is 12.1 Å². The fraction of sp³-hybridized carbons (Fsp3) is 0.150. The molecular weight excluding hydrogens is 495 g/mol. The average Bonchev–Trinajstić information content (AvgIpc) is 3.23. The molecule has 2 N–H and O–H groups in total. The molecule has 172 valence electrons. The van der Waals surface area contributed by atoms with Crippen LogP contribution in [0.1, 0.15) is 20.8 Å². The van der Waals surface area contributed by atoms with Crippen molar-refractivity contribution >= 4 is 58.5 Å². The second-order valence-corrected chi connectivity index (χ2v) is 7.49. The van der Waals surface area contributed by atoms with Gasteiger partial charge < -0.3 is 20.2 Å². The molecule has 2 aromatic heterocycles. The monoisotopic (exact) mass is 510 g/mol. The molecule has 3 aromatic rings. The van der Waals surface area contributed by atoms with Gasteiger partial charge in [-0.05, 0) is 24.3 Å². The van der Waals surface area contributed by atoms with E-state index in [0.717, 1.165) is 0 Å². The summed E-state index contributed by atoms with van der Waals surface area (Å²) in [5.41, 5.74) is 0.128. The van der Waals surface area contributed by atoms with E-state index < -0.39 is 11.8 Å². The number of aromatic nitrogens is 3. The van der Waals surface area contributed by atoms with Crippen molar-refractivity contribution in [1.82, 2.24) is 20.1 Å². The number of rotatable bonds is 8. The van der Waals surface area contributed by atoms with Gasteiger partial charge in [0.1, 0.15) is 12.8 Å². The number of nitrogens with one attached hydrogen (secondary N) is 2. The third-order valence-electron chi connectivity index (χ3n) is 4.14. The molecule has 0 unspecified atom stereocenters. The standard InChI is InChI=1S/C20H17Cl3N6O4/c1-32-16-10-15(29(28-16)18-13(22)4-3-5-24-18)20(31)27-17-12(8-11(21)9-14(17)23)19(30)25-6-7-26-33-2/h3-5,7-10H,6H2,1-2H3,(H,25,30)(H,27,31)/b26-7+. The maximum atomic E-state index is 13.2. The number of amides is 2. The van der Waals surface area contributed by atoms with E-state index in [1.807, 2.05) is 0 Å². The van der Waals surface area contributed by atoms with Crippen molar-refractivity contribution in [2.45, 2.75) is 0 Å². The summed E-state index contributed by atoms with van der Waals surface area (Å²) in [6, 6.07) is 7.41. The molecule has 0 radical (unpaired) electrons. The van der Waals surface area contributed by atoms with Gasteiger partial charge >= 0.3 is 0 Å². The van der Waals surface area contributed by atoms with Crippen LogP contribution in [0.15, 0.2) is 41.7 Å². The van der Waals surface area contributed by atoms with Gasteiger partial charge in [0.25, 0.3) is 11.8 Å². The number of halogens is 3. The smallest absolute Gasteiger partial charge is 0.274 e. The highest BCUT2D eigenvalue weighted by Gasteiger charge is 2.23. The van der Waals surface area contributed by atoms with Crippen LogP contribution in [-0.2, 0) is 4.84 Å². The van der Waals surface area contributed by atoms with Crippen LogP contribution in [0.4, 0.5) is 5.69 Å². The molecule has 0 bridgehead atoms. The number of hydrogen-bond acceptors (Lipinski definition) is 7. The Kier molecular flexibility index (Phi) is 8.10. The van der Waals surface area contributed by atoms with Crippen LogP contribution in [0.25, 0.3) is 5.82 Å². The lowest BCUT2D eigenvalue weighted by Gasteiger charge is -2.14. The van der Waals surface area contributed by atoms with Crippen molar-refractivity contribution in [3.8, 4) is 11.7 Å². The predicted molar refractivity (Wildman–Crippen MR) is 125 cm³/mol. The maximum absolute atomic E-state index is 13.2. The number of nitrogens with zero attached hydrogens (tertiary/aromatic N) is 4. The van der Waals surface area contributed by atoms with E-state index in [0.29, 0.717) is 0 Å². The molecule has 0 saturated carbocycles. The van der Waals surface area contributed by atoms with Crippen molar-refractivity contribution < 1.29 is 19.2 Å². The highest BCUT2D eigenvalue weighted by Crippen LogP contribution is 2.31. The van der Waals surface area contributed by atoms with E-state index >= 15 is 0 Å². The summed E-state index contributed by atoms with van der Waals surface area (Å²) in [5, 5.41) is 13.5. The Hall–Kier alpha value is -3.34. The first-order valence-corrected chi connectivity index (χ1v) is 10.4. The first-order valence-electron chi connectivity index (χ1n) is 9.24. The second-order valence-electron chi connectivity index (χ2n) is 6.24. The molecule has 1 aromatic carbocycles. The fourth-order valence-electron chi connectivity index (χ4n) is 2.72. The Balaban J connectivity index is 1.97. The molecule has 0 spiro atoms. The quantitative estimate of drug-likeness (QED) is 0.350. The van der Waals surface area contributed by atoms with E-state index in [1.165, 1.54) is 49.5 Å². The van der Waals surface area contributed by atoms with Gasteiger partial charge in [-0.3, -0.25) is 9.59 Å². The molecule has 0 aliphatic rings. The van der Waals surface area contributed by atoms with Crippen LogP contribution >= 0.6 is 34.8 Å². The Morgan fingerprint density at radius 2 is 1.94 bits per heavy atom. The summed E-state index contributed by atoms with van der Waals surface area (Å²) < 4.78 is 6.37. The summed E-state index contributed by atoms with van der Waals surface area (Å²) >= 11 is 18.6. The lowest BCUT2D eigenvalue weighted by molar-refractivity contribution is 0.0960. The van der Waals surface area contributed by atoms with Crippen LogP contribution in [-0.4, -0.2) is 53.6 Å². The number of carbonyl (C=O) groups is 2. The van der Waals surface area contributed by atoms with E-state index in [9.17, 15) is 9.59 Å². The summed E-state index contributed by atoms with van der Waals surface area (Å²) in [5.74, 6) is -0.826. The van der Waals surface area contributed by atoms with Gasteiger partial charge in [-0.25, -0.2) is 9.67 Å². The van der Waals surface area contributed by atoms with Crippen LogP contribution in [0, 0.1) is 0 Å². The summed E-state index contributed by atoms with van der Waals surface area (Å²) in [6.07, 6.45) is 2.85. The summed E-state index contributed by atoms with van der Waals surface area (Å²) in [7, 11) is 2.78. The Labute approximate surface area is 203 Å². The van der Waals surface area contributed by atoms with Crippen molar-refractivity contribution in [2.75, 3.05) is 26.1 Å². The van der Waals surface area contributed by atoms with Gasteiger partial charge in [0.15, 0.2) is 5.82 Å². The number of anilines is 1. The number of hydrogen-bond donors (Lipinski definition) is 2. The number of oxime groups is 1. The highest BCUT2D eigenvalue weighted by molar-refractivity contribution is 6.38.